The molecule has 15 heavy (non-hydrogen) atoms. The quantitative estimate of drug-likeness (QED) is 0.791. The molecule has 0 spiro atoms. The fourth-order valence-electron chi connectivity index (χ4n) is 1.24. The Morgan fingerprint density at radius 2 is 1.93 bits per heavy atom. The maximum atomic E-state index is 5.64. The van der Waals surface area contributed by atoms with Gasteiger partial charge < -0.3 is 11.1 Å². The van der Waals surface area contributed by atoms with Gasteiger partial charge >= 0.3 is 0 Å². The molecule has 0 aliphatic carbocycles. The Balaban J connectivity index is 1.99. The summed E-state index contributed by atoms with van der Waals surface area (Å²) in [6.07, 6.45) is 5.22. The van der Waals surface area contributed by atoms with E-state index in [-0.39, 0.29) is 0 Å². The van der Waals surface area contributed by atoms with E-state index in [4.69, 9.17) is 5.73 Å². The summed E-state index contributed by atoms with van der Waals surface area (Å²) in [5.74, 6) is 0.784. The second kappa shape index (κ2) is 4.41. The van der Waals surface area contributed by atoms with Gasteiger partial charge in [-0.2, -0.15) is 0 Å². The third kappa shape index (κ3) is 2.67. The Bertz CT molecular complexity index is 428. The summed E-state index contributed by atoms with van der Waals surface area (Å²) in [6, 6.07) is 7.48. The second-order valence-electron chi connectivity index (χ2n) is 3.18. The highest BCUT2D eigenvalue weighted by Gasteiger charge is 1.94. The van der Waals surface area contributed by atoms with Gasteiger partial charge in [0.25, 0.3) is 0 Å². The average Bonchev–Trinajstić information content (AvgIpc) is 2.28. The van der Waals surface area contributed by atoms with E-state index in [1.54, 1.807) is 30.7 Å². The highest BCUT2D eigenvalue weighted by Crippen LogP contribution is 2.09. The predicted octanol–water partition coefficient (Wildman–Crippen LogP) is 1.67. The zero-order valence-electron chi connectivity index (χ0n) is 8.22. The largest absolute Gasteiger partial charge is 0.399 e. The Morgan fingerprint density at radius 3 is 2.67 bits per heavy atom. The summed E-state index contributed by atoms with van der Waals surface area (Å²) in [5.41, 5.74) is 7.51. The summed E-state index contributed by atoms with van der Waals surface area (Å²) >= 11 is 0. The van der Waals surface area contributed by atoms with Crippen LogP contribution in [0.25, 0.3) is 0 Å². The van der Waals surface area contributed by atoms with Crippen LogP contribution in [-0.4, -0.2) is 9.97 Å². The molecule has 4 nitrogen and oxygen atoms in total. The van der Waals surface area contributed by atoms with Crippen molar-refractivity contribution in [3.8, 4) is 0 Å². The van der Waals surface area contributed by atoms with Crippen molar-refractivity contribution in [2.24, 2.45) is 0 Å². The first-order chi connectivity index (χ1) is 7.34. The predicted molar refractivity (Wildman–Crippen MR) is 60.2 cm³/mol. The molecule has 76 valence electrons. The van der Waals surface area contributed by atoms with Gasteiger partial charge in [-0.3, -0.25) is 4.98 Å². The van der Waals surface area contributed by atoms with Gasteiger partial charge in [-0.25, -0.2) is 4.98 Å². The van der Waals surface area contributed by atoms with Crippen molar-refractivity contribution in [1.82, 2.24) is 9.97 Å². The number of aromatic nitrogens is 2. The fraction of sp³-hybridized carbons (Fsp3) is 0.0909. The SMILES string of the molecule is Nc1ccnc(NCc2ccncc2)c1. The van der Waals surface area contributed by atoms with Gasteiger partial charge in [0, 0.05) is 36.9 Å². The number of nitrogens with one attached hydrogen (secondary N) is 1. The van der Waals surface area contributed by atoms with Crippen LogP contribution in [0.1, 0.15) is 5.56 Å². The molecule has 0 amide bonds. The van der Waals surface area contributed by atoms with Crippen LogP contribution >= 0.6 is 0 Å². The third-order valence-corrected chi connectivity index (χ3v) is 2.01. The average molecular weight is 200 g/mol. The number of nitrogen functional groups attached to an aromatic ring is 1. The lowest BCUT2D eigenvalue weighted by molar-refractivity contribution is 1.10. The Morgan fingerprint density at radius 1 is 1.13 bits per heavy atom. The number of rotatable bonds is 3. The van der Waals surface area contributed by atoms with E-state index >= 15 is 0 Å². The van der Waals surface area contributed by atoms with Gasteiger partial charge in [-0.05, 0) is 23.8 Å². The third-order valence-electron chi connectivity index (χ3n) is 2.01. The molecule has 0 saturated carbocycles. The minimum absolute atomic E-state index is 0.710. The van der Waals surface area contributed by atoms with Crippen LogP contribution in [0.4, 0.5) is 11.5 Å². The molecule has 2 aromatic heterocycles. The minimum Gasteiger partial charge on any atom is -0.399 e. The van der Waals surface area contributed by atoms with Crippen molar-refractivity contribution in [1.29, 1.82) is 0 Å². The van der Waals surface area contributed by atoms with Crippen LogP contribution in [-0.2, 0) is 6.54 Å². The lowest BCUT2D eigenvalue weighted by Crippen LogP contribution is -2.01. The molecule has 0 aliphatic heterocycles. The van der Waals surface area contributed by atoms with Crippen LogP contribution in [0.2, 0.25) is 0 Å². The highest BCUT2D eigenvalue weighted by molar-refractivity contribution is 5.48. The van der Waals surface area contributed by atoms with Crippen LogP contribution < -0.4 is 11.1 Å². The Hall–Kier alpha value is -2.10. The highest BCUT2D eigenvalue weighted by atomic mass is 15.0. The summed E-state index contributed by atoms with van der Waals surface area (Å²) in [5, 5.41) is 3.18. The van der Waals surface area contributed by atoms with Gasteiger partial charge in [-0.15, -0.1) is 0 Å². The minimum atomic E-state index is 0.710. The monoisotopic (exact) mass is 200 g/mol. The number of nitrogens with zero attached hydrogens (tertiary/aromatic N) is 2. The zero-order chi connectivity index (χ0) is 10.5. The molecule has 0 saturated heterocycles. The molecule has 0 bridgehead atoms. The van der Waals surface area contributed by atoms with E-state index in [1.165, 1.54) is 0 Å². The molecule has 0 aromatic carbocycles. The van der Waals surface area contributed by atoms with E-state index in [1.807, 2.05) is 12.1 Å². The zero-order valence-corrected chi connectivity index (χ0v) is 8.22. The van der Waals surface area contributed by atoms with Gasteiger partial charge in [-0.1, -0.05) is 0 Å². The van der Waals surface area contributed by atoms with Crippen molar-refractivity contribution in [2.75, 3.05) is 11.1 Å². The van der Waals surface area contributed by atoms with Gasteiger partial charge in [0.2, 0.25) is 0 Å². The maximum absolute atomic E-state index is 5.64. The maximum Gasteiger partial charge on any atom is 0.128 e. The van der Waals surface area contributed by atoms with Crippen molar-refractivity contribution >= 4 is 11.5 Å². The van der Waals surface area contributed by atoms with Gasteiger partial charge in [0.05, 0.1) is 0 Å². The van der Waals surface area contributed by atoms with Crippen LogP contribution in [0.3, 0.4) is 0 Å². The van der Waals surface area contributed by atoms with Crippen molar-refractivity contribution < 1.29 is 0 Å². The van der Waals surface area contributed by atoms with E-state index in [0.29, 0.717) is 5.69 Å². The topological polar surface area (TPSA) is 63.8 Å². The van der Waals surface area contributed by atoms with E-state index < -0.39 is 0 Å². The summed E-state index contributed by atoms with van der Waals surface area (Å²) in [4.78, 5) is 8.10. The number of hydrogen-bond donors (Lipinski definition) is 2. The number of hydrogen-bond acceptors (Lipinski definition) is 4. The van der Waals surface area contributed by atoms with Crippen molar-refractivity contribution in [2.45, 2.75) is 6.54 Å². The molecular formula is C11H12N4. The number of nitrogens with two attached hydrogens (primary N) is 1. The Labute approximate surface area is 88.2 Å². The molecule has 4 heteroatoms. The molecule has 0 unspecified atom stereocenters. The van der Waals surface area contributed by atoms with Gasteiger partial charge in [0.1, 0.15) is 5.82 Å². The number of pyridine rings is 2. The molecule has 3 N–H and O–H groups in total. The fourth-order valence-corrected chi connectivity index (χ4v) is 1.24. The van der Waals surface area contributed by atoms with Crippen molar-refractivity contribution in [3.63, 3.8) is 0 Å². The molecule has 0 atom stereocenters. The first kappa shape index (κ1) is 9.45. The summed E-state index contributed by atoms with van der Waals surface area (Å²) in [6.45, 7) is 0.721. The normalized spacial score (nSPS) is 9.87. The first-order valence-electron chi connectivity index (χ1n) is 4.69. The standard InChI is InChI=1S/C11H12N4/c12-10-3-6-14-11(7-10)15-8-9-1-4-13-5-2-9/h1-7H,8H2,(H3,12,14,15). The van der Waals surface area contributed by atoms with Crippen molar-refractivity contribution in [3.05, 3.63) is 48.4 Å². The lowest BCUT2D eigenvalue weighted by Gasteiger charge is -2.05. The molecular weight excluding hydrogens is 188 g/mol. The smallest absolute Gasteiger partial charge is 0.128 e. The summed E-state index contributed by atoms with van der Waals surface area (Å²) in [7, 11) is 0. The molecule has 2 heterocycles. The molecule has 0 fully saturated rings. The molecule has 2 rings (SSSR count). The van der Waals surface area contributed by atoms with Crippen LogP contribution in [0, 0.1) is 0 Å². The summed E-state index contributed by atoms with van der Waals surface area (Å²) < 4.78 is 0. The second-order valence-corrected chi connectivity index (χ2v) is 3.18. The van der Waals surface area contributed by atoms with Gasteiger partial charge in [0.15, 0.2) is 0 Å². The molecule has 0 aliphatic rings. The van der Waals surface area contributed by atoms with Crippen LogP contribution in [0.5, 0.6) is 0 Å². The van der Waals surface area contributed by atoms with E-state index in [9.17, 15) is 0 Å². The van der Waals surface area contributed by atoms with E-state index in [2.05, 4.69) is 15.3 Å². The first-order valence-corrected chi connectivity index (χ1v) is 4.69. The lowest BCUT2D eigenvalue weighted by atomic mass is 10.3. The van der Waals surface area contributed by atoms with E-state index in [0.717, 1.165) is 17.9 Å². The molecule has 2 aromatic rings. The van der Waals surface area contributed by atoms with Crippen LogP contribution in [0.15, 0.2) is 42.9 Å². The molecule has 0 radical (unpaired) electrons. The number of anilines is 2. The Kier molecular flexibility index (Phi) is 2.78.